The van der Waals surface area contributed by atoms with E-state index in [0.717, 1.165) is 16.2 Å². The monoisotopic (exact) mass is 224 g/mol. The minimum atomic E-state index is -0.00557. The molecular formula is C13H17ClO. The Kier molecular flexibility index (Phi) is 3.95. The lowest BCUT2D eigenvalue weighted by Gasteiger charge is -2.21. The highest BCUT2D eigenvalue weighted by Gasteiger charge is 2.15. The van der Waals surface area contributed by atoms with E-state index >= 15 is 0 Å². The minimum Gasteiger partial charge on any atom is -0.392 e. The molecule has 0 saturated carbocycles. The number of halogens is 1. The van der Waals surface area contributed by atoms with Crippen LogP contribution in [0.25, 0.3) is 6.08 Å². The second kappa shape index (κ2) is 4.82. The van der Waals surface area contributed by atoms with Gasteiger partial charge in [0.2, 0.25) is 0 Å². The van der Waals surface area contributed by atoms with Crippen LogP contribution in [0.15, 0.2) is 29.8 Å². The summed E-state index contributed by atoms with van der Waals surface area (Å²) in [7, 11) is 0. The molecule has 1 rings (SSSR count). The van der Waals surface area contributed by atoms with Gasteiger partial charge in [-0.2, -0.15) is 0 Å². The maximum absolute atomic E-state index is 9.28. The van der Waals surface area contributed by atoms with Gasteiger partial charge in [-0.25, -0.2) is 0 Å². The molecule has 1 N–H and O–H groups in total. The van der Waals surface area contributed by atoms with Crippen molar-refractivity contribution in [2.45, 2.75) is 20.8 Å². The quantitative estimate of drug-likeness (QED) is 0.811. The van der Waals surface area contributed by atoms with Crippen LogP contribution >= 0.6 is 11.6 Å². The number of hydrogen-bond acceptors (Lipinski definition) is 1. The molecule has 0 aliphatic carbocycles. The van der Waals surface area contributed by atoms with Crippen LogP contribution in [0.2, 0.25) is 5.02 Å². The first-order valence-corrected chi connectivity index (χ1v) is 5.39. The molecule has 0 aliphatic rings. The summed E-state index contributed by atoms with van der Waals surface area (Å²) in [5.41, 5.74) is 2.08. The van der Waals surface area contributed by atoms with Gasteiger partial charge in [0, 0.05) is 5.02 Å². The molecular weight excluding hydrogens is 208 g/mol. The summed E-state index contributed by atoms with van der Waals surface area (Å²) < 4.78 is 0. The molecule has 82 valence electrons. The van der Waals surface area contributed by atoms with Crippen molar-refractivity contribution in [1.29, 1.82) is 0 Å². The van der Waals surface area contributed by atoms with Crippen LogP contribution < -0.4 is 0 Å². The molecule has 0 aliphatic heterocycles. The number of aliphatic hydroxyl groups excluding tert-OH is 1. The normalized spacial score (nSPS) is 13.0. The van der Waals surface area contributed by atoms with Crippen molar-refractivity contribution in [1.82, 2.24) is 0 Å². The average Bonchev–Trinajstić information content (AvgIpc) is 2.15. The van der Waals surface area contributed by atoms with Crippen molar-refractivity contribution >= 4 is 17.7 Å². The summed E-state index contributed by atoms with van der Waals surface area (Å²) in [6.45, 7) is 6.35. The maximum atomic E-state index is 9.28. The van der Waals surface area contributed by atoms with Gasteiger partial charge in [0.25, 0.3) is 0 Å². The Balaban J connectivity index is 2.99. The Morgan fingerprint density at radius 3 is 2.20 bits per heavy atom. The summed E-state index contributed by atoms with van der Waals surface area (Å²) in [5, 5.41) is 10.0. The predicted molar refractivity (Wildman–Crippen MR) is 66.0 cm³/mol. The van der Waals surface area contributed by atoms with E-state index in [0.29, 0.717) is 0 Å². The smallest absolute Gasteiger partial charge is 0.0650 e. The lowest BCUT2D eigenvalue weighted by atomic mass is 9.86. The third-order valence-electron chi connectivity index (χ3n) is 2.34. The van der Waals surface area contributed by atoms with Gasteiger partial charge < -0.3 is 5.11 Å². The molecule has 1 aromatic rings. The van der Waals surface area contributed by atoms with Crippen molar-refractivity contribution in [3.8, 4) is 0 Å². The molecule has 0 bridgehead atoms. The van der Waals surface area contributed by atoms with Gasteiger partial charge in [-0.1, -0.05) is 50.6 Å². The largest absolute Gasteiger partial charge is 0.392 e. The summed E-state index contributed by atoms with van der Waals surface area (Å²) in [6.07, 6.45) is 2.01. The van der Waals surface area contributed by atoms with Crippen molar-refractivity contribution in [2.24, 2.45) is 5.41 Å². The van der Waals surface area contributed by atoms with E-state index in [4.69, 9.17) is 11.6 Å². The van der Waals surface area contributed by atoms with Gasteiger partial charge in [0.15, 0.2) is 0 Å². The number of aliphatic hydroxyl groups is 1. The van der Waals surface area contributed by atoms with Crippen LogP contribution in [0, 0.1) is 5.41 Å². The number of rotatable bonds is 2. The zero-order valence-electron chi connectivity index (χ0n) is 9.42. The third kappa shape index (κ3) is 3.69. The molecule has 0 amide bonds. The van der Waals surface area contributed by atoms with Crippen LogP contribution in [-0.2, 0) is 0 Å². The van der Waals surface area contributed by atoms with E-state index in [9.17, 15) is 5.11 Å². The van der Waals surface area contributed by atoms with Gasteiger partial charge in [0.05, 0.1) is 6.61 Å². The third-order valence-corrected chi connectivity index (χ3v) is 2.60. The van der Waals surface area contributed by atoms with Gasteiger partial charge in [-0.15, -0.1) is 0 Å². The highest BCUT2D eigenvalue weighted by molar-refractivity contribution is 6.30. The highest BCUT2D eigenvalue weighted by atomic mass is 35.5. The van der Waals surface area contributed by atoms with Crippen LogP contribution in [0.1, 0.15) is 26.3 Å². The van der Waals surface area contributed by atoms with Gasteiger partial charge in [-0.05, 0) is 28.7 Å². The molecule has 0 unspecified atom stereocenters. The summed E-state index contributed by atoms with van der Waals surface area (Å²) >= 11 is 5.80. The van der Waals surface area contributed by atoms with Crippen LogP contribution in [-0.4, -0.2) is 11.7 Å². The van der Waals surface area contributed by atoms with E-state index in [-0.39, 0.29) is 12.0 Å². The topological polar surface area (TPSA) is 20.2 Å². The Morgan fingerprint density at radius 1 is 1.27 bits per heavy atom. The lowest BCUT2D eigenvalue weighted by molar-refractivity contribution is 0.298. The van der Waals surface area contributed by atoms with Crippen molar-refractivity contribution in [3.05, 3.63) is 40.4 Å². The fourth-order valence-electron chi connectivity index (χ4n) is 1.26. The molecule has 2 heteroatoms. The zero-order valence-corrected chi connectivity index (χ0v) is 10.2. The summed E-state index contributed by atoms with van der Waals surface area (Å²) in [6, 6.07) is 7.60. The second-order valence-electron chi connectivity index (χ2n) is 4.63. The van der Waals surface area contributed by atoms with E-state index in [1.54, 1.807) is 0 Å². The van der Waals surface area contributed by atoms with Crippen molar-refractivity contribution < 1.29 is 5.11 Å². The van der Waals surface area contributed by atoms with Crippen molar-refractivity contribution in [3.63, 3.8) is 0 Å². The molecule has 1 nitrogen and oxygen atoms in total. The van der Waals surface area contributed by atoms with E-state index in [2.05, 4.69) is 20.8 Å². The van der Waals surface area contributed by atoms with Gasteiger partial charge in [0.1, 0.15) is 0 Å². The zero-order chi connectivity index (χ0) is 11.5. The van der Waals surface area contributed by atoms with Gasteiger partial charge in [-0.3, -0.25) is 0 Å². The second-order valence-corrected chi connectivity index (χ2v) is 5.07. The van der Waals surface area contributed by atoms with Crippen LogP contribution in [0.4, 0.5) is 0 Å². The molecule has 0 radical (unpaired) electrons. The molecule has 0 fully saturated rings. The highest BCUT2D eigenvalue weighted by Crippen LogP contribution is 2.26. The first-order valence-electron chi connectivity index (χ1n) is 5.01. The first kappa shape index (κ1) is 12.3. The maximum Gasteiger partial charge on any atom is 0.0650 e. The number of benzene rings is 1. The van der Waals surface area contributed by atoms with Crippen LogP contribution in [0.3, 0.4) is 0 Å². The van der Waals surface area contributed by atoms with E-state index < -0.39 is 0 Å². The first-order chi connectivity index (χ1) is 6.93. The summed E-state index contributed by atoms with van der Waals surface area (Å²) in [4.78, 5) is 0. The molecule has 0 spiro atoms. The molecule has 1 aromatic carbocycles. The number of hydrogen-bond donors (Lipinski definition) is 1. The fourth-order valence-corrected chi connectivity index (χ4v) is 1.39. The Hall–Kier alpha value is -0.790. The molecule has 0 aromatic heterocycles. The standard InChI is InChI=1S/C13H17ClO/c1-13(2,3)11(9-15)8-10-4-6-12(14)7-5-10/h4-8,15H,9H2,1-3H3/b11-8+. The van der Waals surface area contributed by atoms with Crippen molar-refractivity contribution in [2.75, 3.05) is 6.61 Å². The molecule has 0 atom stereocenters. The van der Waals surface area contributed by atoms with Gasteiger partial charge >= 0.3 is 0 Å². The fraction of sp³-hybridized carbons (Fsp3) is 0.385. The van der Waals surface area contributed by atoms with Crippen LogP contribution in [0.5, 0.6) is 0 Å². The Bertz CT molecular complexity index is 344. The Labute approximate surface area is 96.4 Å². The SMILES string of the molecule is CC(C)(C)/C(=C/c1ccc(Cl)cc1)CO. The molecule has 0 saturated heterocycles. The minimum absolute atomic E-state index is 0.00557. The average molecular weight is 225 g/mol. The van der Waals surface area contributed by atoms with E-state index in [1.165, 1.54) is 0 Å². The molecule has 0 heterocycles. The summed E-state index contributed by atoms with van der Waals surface area (Å²) in [5.74, 6) is 0. The van der Waals surface area contributed by atoms with E-state index in [1.807, 2.05) is 30.3 Å². The molecule has 15 heavy (non-hydrogen) atoms. The lowest BCUT2D eigenvalue weighted by Crippen LogP contribution is -2.12. The Morgan fingerprint density at radius 2 is 1.80 bits per heavy atom. The predicted octanol–water partition coefficient (Wildman–Crippen LogP) is 3.76.